The number of carbonyl (C=O) groups is 1. The van der Waals surface area contributed by atoms with Gasteiger partial charge in [0.25, 0.3) is 5.60 Å². The molecular formula is C19H17Br2ClO7. The lowest BCUT2D eigenvalue weighted by atomic mass is 9.77. The minimum atomic E-state index is -4.94. The Kier molecular flexibility index (Phi) is 7.97. The highest BCUT2D eigenvalue weighted by molar-refractivity contribution is 9.10. The highest BCUT2D eigenvalue weighted by Gasteiger charge is 2.52. The van der Waals surface area contributed by atoms with Crippen molar-refractivity contribution in [2.75, 3.05) is 0 Å². The van der Waals surface area contributed by atoms with Crippen molar-refractivity contribution in [3.63, 3.8) is 0 Å². The highest BCUT2D eigenvalue weighted by Crippen LogP contribution is 2.42. The molecule has 1 unspecified atom stereocenters. The number of hydrogen-bond acceptors (Lipinski definition) is 6. The zero-order chi connectivity index (χ0) is 21.8. The van der Waals surface area contributed by atoms with Crippen LogP contribution in [-0.4, -0.2) is 11.6 Å². The van der Waals surface area contributed by atoms with Crippen molar-refractivity contribution in [2.24, 2.45) is 5.92 Å². The average molecular weight is 553 g/mol. The summed E-state index contributed by atoms with van der Waals surface area (Å²) in [6.07, 6.45) is 0.511. The van der Waals surface area contributed by atoms with Gasteiger partial charge in [0.1, 0.15) is 11.7 Å². The molecule has 0 bridgehead atoms. The van der Waals surface area contributed by atoms with Crippen LogP contribution in [0.1, 0.15) is 31.4 Å². The topological polar surface area (TPSA) is 130 Å². The maximum Gasteiger partial charge on any atom is 0.393 e. The van der Waals surface area contributed by atoms with E-state index in [2.05, 4.69) is 31.9 Å². The van der Waals surface area contributed by atoms with Gasteiger partial charge in [0.2, 0.25) is 0 Å². The van der Waals surface area contributed by atoms with Crippen LogP contribution in [0.5, 0.6) is 0 Å². The van der Waals surface area contributed by atoms with Gasteiger partial charge in [0.15, 0.2) is 0 Å². The molecule has 3 rings (SSSR count). The zero-order valence-electron chi connectivity index (χ0n) is 15.4. The van der Waals surface area contributed by atoms with Crippen LogP contribution in [0, 0.1) is 16.2 Å². The van der Waals surface area contributed by atoms with Crippen molar-refractivity contribution in [3.8, 4) is 0 Å². The van der Waals surface area contributed by atoms with Gasteiger partial charge in [-0.3, -0.25) is 4.79 Å². The molecule has 0 spiro atoms. The molecule has 1 atom stereocenters. The van der Waals surface area contributed by atoms with E-state index in [4.69, 9.17) is 28.1 Å². The minimum Gasteiger partial charge on any atom is -0.299 e. The number of halogens is 3. The summed E-state index contributed by atoms with van der Waals surface area (Å²) in [5, 5.41) is 0. The van der Waals surface area contributed by atoms with E-state index in [-0.39, 0.29) is 11.7 Å². The number of benzene rings is 2. The highest BCUT2D eigenvalue weighted by atomic mass is 79.9. The van der Waals surface area contributed by atoms with Crippen molar-refractivity contribution in [2.45, 2.75) is 25.9 Å². The molecule has 0 aliphatic carbocycles. The summed E-state index contributed by atoms with van der Waals surface area (Å²) >= 11 is 6.92. The van der Waals surface area contributed by atoms with Gasteiger partial charge in [-0.1, -0.05) is 56.1 Å². The molecule has 2 aromatic rings. The fourth-order valence-corrected chi connectivity index (χ4v) is 3.56. The molecule has 0 N–H and O–H groups in total. The van der Waals surface area contributed by atoms with Crippen LogP contribution < -0.4 is 18.6 Å². The van der Waals surface area contributed by atoms with Crippen molar-refractivity contribution < 1.29 is 43.1 Å². The van der Waals surface area contributed by atoms with Crippen LogP contribution in [0.25, 0.3) is 0 Å². The molecule has 1 aliphatic rings. The molecule has 10 heteroatoms. The van der Waals surface area contributed by atoms with E-state index in [1.165, 1.54) is 0 Å². The van der Waals surface area contributed by atoms with Gasteiger partial charge < -0.3 is 0 Å². The third-order valence-electron chi connectivity index (χ3n) is 4.41. The van der Waals surface area contributed by atoms with Crippen LogP contribution in [0.2, 0.25) is 0 Å². The predicted molar refractivity (Wildman–Crippen MR) is 99.6 cm³/mol. The van der Waals surface area contributed by atoms with Crippen molar-refractivity contribution in [1.29, 1.82) is 0 Å². The Bertz CT molecular complexity index is 825. The maximum absolute atomic E-state index is 12.1. The lowest BCUT2D eigenvalue weighted by molar-refractivity contribution is -2.00. The minimum absolute atomic E-state index is 0.0781. The van der Waals surface area contributed by atoms with E-state index < -0.39 is 15.8 Å². The lowest BCUT2D eigenvalue weighted by Gasteiger charge is -2.30. The Labute approximate surface area is 186 Å². The van der Waals surface area contributed by atoms with Gasteiger partial charge >= 0.3 is 5.78 Å². The molecule has 0 radical (unpaired) electrons. The van der Waals surface area contributed by atoms with Gasteiger partial charge in [-0.15, -0.1) is 15.1 Å². The van der Waals surface area contributed by atoms with Crippen LogP contribution >= 0.6 is 31.9 Å². The van der Waals surface area contributed by atoms with Gasteiger partial charge in [0.05, 0.1) is 6.92 Å². The molecule has 0 amide bonds. The molecule has 156 valence electrons. The maximum atomic E-state index is 12.1. The predicted octanol–water partition coefficient (Wildman–Crippen LogP) is 0.364. The Hall–Kier alpha value is -1.33. The van der Waals surface area contributed by atoms with E-state index in [0.29, 0.717) is 12.2 Å². The summed E-state index contributed by atoms with van der Waals surface area (Å²) in [5.41, 5.74) is 1.08. The Balaban J connectivity index is 0.000000537. The van der Waals surface area contributed by atoms with Gasteiger partial charge in [-0.2, -0.15) is 0 Å². The molecule has 7 nitrogen and oxygen atoms in total. The lowest BCUT2D eigenvalue weighted by Crippen LogP contribution is -2.68. The second-order valence-electron chi connectivity index (χ2n) is 6.36. The first kappa shape index (κ1) is 23.9. The van der Waals surface area contributed by atoms with E-state index in [0.717, 1.165) is 20.1 Å². The molecule has 0 fully saturated rings. The van der Waals surface area contributed by atoms with E-state index in [1.807, 2.05) is 48.5 Å². The molecule has 0 saturated carbocycles. The van der Waals surface area contributed by atoms with E-state index >= 15 is 0 Å². The second kappa shape index (κ2) is 9.65. The first-order chi connectivity index (χ1) is 13.4. The van der Waals surface area contributed by atoms with Crippen molar-refractivity contribution in [1.82, 2.24) is 0 Å². The quantitative estimate of drug-likeness (QED) is 0.307. The normalized spacial score (nSPS) is 18.1. The average Bonchev–Trinajstić information content (AvgIpc) is 2.62. The second-order valence-corrected chi connectivity index (χ2v) is 8.95. The first-order valence-electron chi connectivity index (χ1n) is 8.26. The Morgan fingerprint density at radius 1 is 1.00 bits per heavy atom. The fraction of sp³-hybridized carbons (Fsp3) is 0.263. The largest absolute Gasteiger partial charge is 0.393 e. The Morgan fingerprint density at radius 3 is 1.72 bits per heavy atom. The van der Waals surface area contributed by atoms with Crippen LogP contribution in [-0.2, 0) is 19.9 Å². The smallest absolute Gasteiger partial charge is 0.299 e. The van der Waals surface area contributed by atoms with Gasteiger partial charge in [-0.05, 0) is 31.2 Å². The number of rotatable bonds is 3. The summed E-state index contributed by atoms with van der Waals surface area (Å²) in [5.74, 6) is 0.382. The molecule has 0 aromatic heterocycles. The fourth-order valence-electron chi connectivity index (χ4n) is 3.03. The number of hydrogen-bond donors (Lipinski definition) is 0. The molecule has 29 heavy (non-hydrogen) atoms. The van der Waals surface area contributed by atoms with Gasteiger partial charge in [-0.25, -0.2) is 18.6 Å². The van der Waals surface area contributed by atoms with E-state index in [9.17, 15) is 4.79 Å². The molecule has 1 aliphatic heterocycles. The first-order valence-corrected chi connectivity index (χ1v) is 11.1. The molecule has 0 saturated heterocycles. The summed E-state index contributed by atoms with van der Waals surface area (Å²) < 4.78 is 41.5. The van der Waals surface area contributed by atoms with Crippen molar-refractivity contribution in [3.05, 3.63) is 68.6 Å². The number of carbonyl (C=O) groups excluding carboxylic acids is 2. The molecule has 1 heterocycles. The van der Waals surface area contributed by atoms with Crippen molar-refractivity contribution >= 4 is 43.4 Å². The van der Waals surface area contributed by atoms with Gasteiger partial charge in [0, 0.05) is 31.1 Å². The van der Waals surface area contributed by atoms with Crippen LogP contribution in [0.15, 0.2) is 57.5 Å². The SMILES string of the molecule is CC(=O)C1CC(c2ccc(Br)cc2)(c2ccc(Br)cc2)O[O+]=C1C.[O-][Cl+3]([O-])([O-])[O-]. The number of Topliss-reactive ketones (excluding diaryl/α,β-unsaturated/α-hetero) is 1. The zero-order valence-corrected chi connectivity index (χ0v) is 19.3. The summed E-state index contributed by atoms with van der Waals surface area (Å²) in [4.78, 5) is 18.0. The Morgan fingerprint density at radius 2 is 1.38 bits per heavy atom. The van der Waals surface area contributed by atoms with E-state index in [1.54, 1.807) is 13.8 Å². The third kappa shape index (κ3) is 6.58. The standard InChI is InChI=1S/C19H17Br2O3.ClHO4/c1-12(22)18-11-19(24-23-13(18)2,14-3-7-16(20)8-4-14)15-5-9-17(21)10-6-15;2-1(3,4)5/h3-10,18H,11H2,1-2H3;(H,2,3,4,5)/q+1;/p-1. The summed E-state index contributed by atoms with van der Waals surface area (Å²) in [7, 11) is -4.94. The number of ketones is 2. The monoisotopic (exact) mass is 550 g/mol. The molecular weight excluding hydrogens is 535 g/mol. The third-order valence-corrected chi connectivity index (χ3v) is 5.47. The van der Waals surface area contributed by atoms with Crippen LogP contribution in [0.4, 0.5) is 0 Å². The molecule has 2 aromatic carbocycles. The summed E-state index contributed by atoms with van der Waals surface area (Å²) in [6.45, 7) is 3.38. The van der Waals surface area contributed by atoms with Crippen LogP contribution in [0.3, 0.4) is 0 Å². The summed E-state index contributed by atoms with van der Waals surface area (Å²) in [6, 6.07) is 15.8.